The van der Waals surface area contributed by atoms with Crippen molar-refractivity contribution in [3.63, 3.8) is 0 Å². The molecule has 8 heteroatoms. The molecule has 0 aliphatic heterocycles. The minimum atomic E-state index is -3.59. The van der Waals surface area contributed by atoms with Gasteiger partial charge in [-0.15, -0.1) is 0 Å². The van der Waals surface area contributed by atoms with Gasteiger partial charge in [0.15, 0.2) is 5.82 Å². The van der Waals surface area contributed by atoms with Gasteiger partial charge in [0.05, 0.1) is 0 Å². The zero-order valence-electron chi connectivity index (χ0n) is 11.9. The molecule has 0 aromatic carbocycles. The molecule has 2 rings (SSSR count). The van der Waals surface area contributed by atoms with Crippen molar-refractivity contribution in [2.45, 2.75) is 55.8 Å². The molecule has 3 N–H and O–H groups in total. The summed E-state index contributed by atoms with van der Waals surface area (Å²) in [7, 11) is -3.59. The van der Waals surface area contributed by atoms with E-state index in [2.05, 4.69) is 16.7 Å². The van der Waals surface area contributed by atoms with Crippen molar-refractivity contribution < 1.29 is 8.42 Å². The summed E-state index contributed by atoms with van der Waals surface area (Å²) in [6.07, 6.45) is 4.51. The first-order valence-electron chi connectivity index (χ1n) is 6.94. The number of sulfonamides is 1. The molecule has 20 heavy (non-hydrogen) atoms. The minimum absolute atomic E-state index is 0.00525. The molecule has 1 aromatic rings. The Bertz CT molecular complexity index is 556. The zero-order valence-corrected chi connectivity index (χ0v) is 13.5. The van der Waals surface area contributed by atoms with Crippen molar-refractivity contribution in [2.24, 2.45) is 0 Å². The SMILES string of the molecule is CCSC1CCCC1NS(=O)(=O)c1cn(CC)nc1N. The van der Waals surface area contributed by atoms with Gasteiger partial charge in [-0.1, -0.05) is 13.3 Å². The van der Waals surface area contributed by atoms with Crippen molar-refractivity contribution in [3.05, 3.63) is 6.20 Å². The van der Waals surface area contributed by atoms with Gasteiger partial charge in [0.2, 0.25) is 10.0 Å². The Balaban J connectivity index is 2.16. The third kappa shape index (κ3) is 3.29. The molecule has 1 saturated carbocycles. The van der Waals surface area contributed by atoms with Gasteiger partial charge in [0.25, 0.3) is 0 Å². The minimum Gasteiger partial charge on any atom is -0.381 e. The molecule has 1 aliphatic carbocycles. The second-order valence-corrected chi connectivity index (χ2v) is 8.09. The maximum Gasteiger partial charge on any atom is 0.246 e. The van der Waals surface area contributed by atoms with Crippen molar-refractivity contribution >= 4 is 27.6 Å². The molecule has 0 amide bonds. The van der Waals surface area contributed by atoms with Gasteiger partial charge in [0.1, 0.15) is 4.90 Å². The van der Waals surface area contributed by atoms with Crippen LogP contribution in [0.25, 0.3) is 0 Å². The van der Waals surface area contributed by atoms with E-state index >= 15 is 0 Å². The first kappa shape index (κ1) is 15.7. The summed E-state index contributed by atoms with van der Waals surface area (Å²) in [6, 6.07) is -0.00525. The Labute approximate surface area is 124 Å². The quantitative estimate of drug-likeness (QED) is 0.828. The third-order valence-electron chi connectivity index (χ3n) is 3.51. The topological polar surface area (TPSA) is 90.0 Å². The molecule has 1 aromatic heterocycles. The highest BCUT2D eigenvalue weighted by Gasteiger charge is 2.32. The van der Waals surface area contributed by atoms with Crippen LogP contribution >= 0.6 is 11.8 Å². The Kier molecular flexibility index (Phi) is 4.98. The summed E-state index contributed by atoms with van der Waals surface area (Å²) >= 11 is 1.82. The van der Waals surface area contributed by atoms with Gasteiger partial charge in [0, 0.05) is 24.0 Å². The second kappa shape index (κ2) is 6.36. The molecular weight excluding hydrogens is 296 g/mol. The number of nitrogens with two attached hydrogens (primary N) is 1. The van der Waals surface area contributed by atoms with Crippen LogP contribution in [0.1, 0.15) is 33.1 Å². The van der Waals surface area contributed by atoms with E-state index in [1.165, 1.54) is 10.9 Å². The molecule has 6 nitrogen and oxygen atoms in total. The van der Waals surface area contributed by atoms with E-state index in [1.54, 1.807) is 0 Å². The summed E-state index contributed by atoms with van der Waals surface area (Å²) in [5, 5.41) is 4.35. The molecule has 0 bridgehead atoms. The van der Waals surface area contributed by atoms with E-state index in [9.17, 15) is 8.42 Å². The van der Waals surface area contributed by atoms with Crippen LogP contribution in [-0.2, 0) is 16.6 Å². The summed E-state index contributed by atoms with van der Waals surface area (Å²) in [6.45, 7) is 4.58. The fraction of sp³-hybridized carbons (Fsp3) is 0.750. The highest BCUT2D eigenvalue weighted by Crippen LogP contribution is 2.31. The number of nitrogens with zero attached hydrogens (tertiary/aromatic N) is 2. The molecular formula is C12H22N4O2S2. The molecule has 1 fully saturated rings. The van der Waals surface area contributed by atoms with Crippen LogP contribution in [0.4, 0.5) is 5.82 Å². The van der Waals surface area contributed by atoms with Crippen molar-refractivity contribution in [2.75, 3.05) is 11.5 Å². The number of nitrogen functional groups attached to an aromatic ring is 1. The van der Waals surface area contributed by atoms with Gasteiger partial charge in [-0.2, -0.15) is 16.9 Å². The number of aromatic nitrogens is 2. The summed E-state index contributed by atoms with van der Waals surface area (Å²) in [5.74, 6) is 1.07. The van der Waals surface area contributed by atoms with Crippen molar-refractivity contribution in [3.8, 4) is 0 Å². The predicted octanol–water partition coefficient (Wildman–Crippen LogP) is 1.44. The average molecular weight is 318 g/mol. The van der Waals surface area contributed by atoms with Gasteiger partial charge in [-0.25, -0.2) is 13.1 Å². The van der Waals surface area contributed by atoms with Crippen LogP contribution in [0, 0.1) is 0 Å². The van der Waals surface area contributed by atoms with Gasteiger partial charge >= 0.3 is 0 Å². The lowest BCUT2D eigenvalue weighted by atomic mass is 10.3. The van der Waals surface area contributed by atoms with Crippen LogP contribution < -0.4 is 10.5 Å². The zero-order chi connectivity index (χ0) is 14.8. The first-order chi connectivity index (χ1) is 9.47. The second-order valence-electron chi connectivity index (χ2n) is 4.89. The molecule has 0 spiro atoms. The largest absolute Gasteiger partial charge is 0.381 e. The van der Waals surface area contributed by atoms with Gasteiger partial charge < -0.3 is 5.73 Å². The van der Waals surface area contributed by atoms with E-state index in [1.807, 2.05) is 18.7 Å². The highest BCUT2D eigenvalue weighted by molar-refractivity contribution is 8.00. The number of anilines is 1. The number of aryl methyl sites for hydroxylation is 1. The number of hydrogen-bond donors (Lipinski definition) is 2. The maximum atomic E-state index is 12.4. The fourth-order valence-corrected chi connectivity index (χ4v) is 5.19. The van der Waals surface area contributed by atoms with Gasteiger partial charge in [-0.05, 0) is 25.5 Å². The predicted molar refractivity (Wildman–Crippen MR) is 82.2 cm³/mol. The fourth-order valence-electron chi connectivity index (χ4n) is 2.52. The molecule has 0 radical (unpaired) electrons. The third-order valence-corrected chi connectivity index (χ3v) is 6.34. The standard InChI is InChI=1S/C12H22N4O2S2/c1-3-16-8-11(12(13)14-16)20(17,18)15-9-6-5-7-10(9)19-4-2/h8-10,15H,3-7H2,1-2H3,(H2,13,14). The Morgan fingerprint density at radius 1 is 1.50 bits per heavy atom. The monoisotopic (exact) mass is 318 g/mol. The van der Waals surface area contributed by atoms with E-state index < -0.39 is 10.0 Å². The van der Waals surface area contributed by atoms with Crippen LogP contribution in [0.15, 0.2) is 11.1 Å². The highest BCUT2D eigenvalue weighted by atomic mass is 32.2. The van der Waals surface area contributed by atoms with Crippen LogP contribution in [0.5, 0.6) is 0 Å². The lowest BCUT2D eigenvalue weighted by Gasteiger charge is -2.19. The van der Waals surface area contributed by atoms with E-state index in [4.69, 9.17) is 5.73 Å². The number of hydrogen-bond acceptors (Lipinski definition) is 5. The normalized spacial score (nSPS) is 23.3. The number of nitrogens with one attached hydrogen (secondary N) is 1. The molecule has 1 aliphatic rings. The molecule has 0 saturated heterocycles. The van der Waals surface area contributed by atoms with Crippen molar-refractivity contribution in [1.82, 2.24) is 14.5 Å². The molecule has 1 heterocycles. The smallest absolute Gasteiger partial charge is 0.246 e. The Morgan fingerprint density at radius 2 is 2.25 bits per heavy atom. The average Bonchev–Trinajstić information content (AvgIpc) is 2.97. The summed E-state index contributed by atoms with van der Waals surface area (Å²) < 4.78 is 29.2. The van der Waals surface area contributed by atoms with Crippen molar-refractivity contribution in [1.29, 1.82) is 0 Å². The lowest BCUT2D eigenvalue weighted by molar-refractivity contribution is 0.555. The summed E-state index contributed by atoms with van der Waals surface area (Å²) in [5.41, 5.74) is 5.71. The first-order valence-corrected chi connectivity index (χ1v) is 9.48. The molecule has 114 valence electrons. The molecule has 2 unspecified atom stereocenters. The van der Waals surface area contributed by atoms with Crippen LogP contribution in [0.3, 0.4) is 0 Å². The Morgan fingerprint density at radius 3 is 2.85 bits per heavy atom. The van der Waals surface area contributed by atoms with E-state index in [0.29, 0.717) is 11.8 Å². The summed E-state index contributed by atoms with van der Waals surface area (Å²) in [4.78, 5) is 0.0894. The van der Waals surface area contributed by atoms with Gasteiger partial charge in [-0.3, -0.25) is 4.68 Å². The maximum absolute atomic E-state index is 12.4. The van der Waals surface area contributed by atoms with Crippen LogP contribution in [-0.4, -0.2) is 35.2 Å². The molecule has 2 atom stereocenters. The van der Waals surface area contributed by atoms with E-state index in [-0.39, 0.29) is 16.8 Å². The number of rotatable bonds is 6. The van der Waals surface area contributed by atoms with Crippen LogP contribution in [0.2, 0.25) is 0 Å². The number of thioether (sulfide) groups is 1. The lowest BCUT2D eigenvalue weighted by Crippen LogP contribution is -2.38. The Hall–Kier alpha value is -0.730. The van der Waals surface area contributed by atoms with E-state index in [0.717, 1.165) is 25.0 Å².